The molecule has 0 bridgehead atoms. The fraction of sp³-hybridized carbons (Fsp3) is 0.500. The van der Waals surface area contributed by atoms with Crippen molar-refractivity contribution in [2.75, 3.05) is 26.8 Å². The lowest BCUT2D eigenvalue weighted by molar-refractivity contribution is -0.151. The number of allylic oxidation sites excluding steroid dienone is 1. The summed E-state index contributed by atoms with van der Waals surface area (Å²) in [5.41, 5.74) is 3.98. The normalized spacial score (nSPS) is 21.5. The Balaban J connectivity index is 1.60. The van der Waals surface area contributed by atoms with Crippen LogP contribution in [0.3, 0.4) is 0 Å². The molecule has 0 spiro atoms. The van der Waals surface area contributed by atoms with Crippen molar-refractivity contribution >= 4 is 34.8 Å². The predicted molar refractivity (Wildman–Crippen MR) is 143 cm³/mol. The largest absolute Gasteiger partial charge is 0.466 e. The molecule has 0 aromatic heterocycles. The van der Waals surface area contributed by atoms with Gasteiger partial charge in [0.15, 0.2) is 5.17 Å². The minimum Gasteiger partial charge on any atom is -0.466 e. The molecule has 2 unspecified atom stereocenters. The molecule has 1 aromatic rings. The van der Waals surface area contributed by atoms with Crippen LogP contribution in [0.25, 0.3) is 0 Å². The number of methoxy groups -OCH3 is 1. The first-order chi connectivity index (χ1) is 17.7. The monoisotopic (exact) mass is 525 g/mol. The number of nitrogens with zero attached hydrogens (tertiary/aromatic N) is 3. The van der Waals surface area contributed by atoms with E-state index in [2.05, 4.69) is 31.0 Å². The van der Waals surface area contributed by atoms with Crippen LogP contribution >= 0.6 is 11.8 Å². The number of aliphatic imine (C=N–C) groups is 1. The Morgan fingerprint density at radius 1 is 1.19 bits per heavy atom. The molecule has 3 aliphatic rings. The van der Waals surface area contributed by atoms with Gasteiger partial charge in [0.25, 0.3) is 0 Å². The number of ether oxygens (including phenoxy) is 2. The second-order valence-electron chi connectivity index (χ2n) is 9.81. The highest BCUT2D eigenvalue weighted by atomic mass is 32.2. The van der Waals surface area contributed by atoms with Crippen LogP contribution in [0.2, 0.25) is 0 Å². The van der Waals surface area contributed by atoms with Gasteiger partial charge in [0.2, 0.25) is 5.91 Å². The zero-order valence-corrected chi connectivity index (χ0v) is 23.0. The van der Waals surface area contributed by atoms with E-state index in [-0.39, 0.29) is 24.2 Å². The molecule has 198 valence electrons. The lowest BCUT2D eigenvalue weighted by Crippen LogP contribution is -2.44. The second kappa shape index (κ2) is 11.5. The summed E-state index contributed by atoms with van der Waals surface area (Å²) in [4.78, 5) is 47.0. The van der Waals surface area contributed by atoms with Gasteiger partial charge in [-0.15, -0.1) is 0 Å². The van der Waals surface area contributed by atoms with Crippen molar-refractivity contribution in [2.24, 2.45) is 10.9 Å². The topological polar surface area (TPSA) is 88.5 Å². The molecule has 37 heavy (non-hydrogen) atoms. The second-order valence-corrected chi connectivity index (χ2v) is 10.7. The van der Waals surface area contributed by atoms with Gasteiger partial charge >= 0.3 is 11.9 Å². The SMILES string of the molecule is CCOC(=O)C1CCCN(C(=O)CC2=CSC3=NC(C)=C(C(=O)OC)C(c4ccc(C(C)C)cc4)N23)C1. The van der Waals surface area contributed by atoms with Crippen molar-refractivity contribution < 1.29 is 23.9 Å². The maximum absolute atomic E-state index is 13.4. The number of hydrogen-bond donors (Lipinski definition) is 0. The van der Waals surface area contributed by atoms with E-state index in [1.165, 1.54) is 24.4 Å². The molecule has 0 radical (unpaired) electrons. The molecule has 0 saturated carbocycles. The minimum atomic E-state index is -0.455. The van der Waals surface area contributed by atoms with Crippen molar-refractivity contribution in [2.45, 2.75) is 58.9 Å². The number of esters is 2. The highest BCUT2D eigenvalue weighted by Gasteiger charge is 2.41. The molecule has 1 saturated heterocycles. The number of likely N-dealkylation sites (tertiary alicyclic amines) is 1. The van der Waals surface area contributed by atoms with Crippen LogP contribution in [0.1, 0.15) is 70.0 Å². The number of amides is 1. The fourth-order valence-electron chi connectivity index (χ4n) is 5.04. The van der Waals surface area contributed by atoms with Crippen LogP contribution in [-0.4, -0.2) is 59.6 Å². The molecule has 3 aliphatic heterocycles. The number of rotatable bonds is 7. The summed E-state index contributed by atoms with van der Waals surface area (Å²) in [5, 5.41) is 2.67. The Hall–Kier alpha value is -3.07. The summed E-state index contributed by atoms with van der Waals surface area (Å²) in [6.45, 7) is 9.20. The van der Waals surface area contributed by atoms with Crippen molar-refractivity contribution in [3.8, 4) is 0 Å². The molecule has 8 nitrogen and oxygen atoms in total. The van der Waals surface area contributed by atoms with Gasteiger partial charge in [-0.2, -0.15) is 0 Å². The first-order valence-corrected chi connectivity index (χ1v) is 13.7. The molecular formula is C28H35N3O5S. The van der Waals surface area contributed by atoms with Gasteiger partial charge in [-0.05, 0) is 49.1 Å². The molecule has 1 aromatic carbocycles. The van der Waals surface area contributed by atoms with Crippen molar-refractivity contribution in [3.05, 3.63) is 57.8 Å². The van der Waals surface area contributed by atoms with Gasteiger partial charge in [0, 0.05) is 18.8 Å². The Kier molecular flexibility index (Phi) is 8.42. The van der Waals surface area contributed by atoms with Crippen LogP contribution in [0.4, 0.5) is 0 Å². The van der Waals surface area contributed by atoms with Crippen LogP contribution in [0, 0.1) is 5.92 Å². The van der Waals surface area contributed by atoms with Crippen molar-refractivity contribution in [1.82, 2.24) is 9.80 Å². The van der Waals surface area contributed by atoms with Gasteiger partial charge in [-0.3, -0.25) is 9.59 Å². The molecule has 1 fully saturated rings. The zero-order valence-electron chi connectivity index (χ0n) is 22.2. The maximum Gasteiger partial charge on any atom is 0.338 e. The summed E-state index contributed by atoms with van der Waals surface area (Å²) < 4.78 is 10.3. The first-order valence-electron chi connectivity index (χ1n) is 12.8. The number of thioether (sulfide) groups is 1. The Labute approximate surface area is 222 Å². The molecule has 0 aliphatic carbocycles. The van der Waals surface area contributed by atoms with E-state index < -0.39 is 12.0 Å². The third-order valence-electron chi connectivity index (χ3n) is 7.05. The van der Waals surface area contributed by atoms with E-state index in [1.54, 1.807) is 11.8 Å². The number of piperidine rings is 1. The Morgan fingerprint density at radius 2 is 1.92 bits per heavy atom. The molecule has 2 atom stereocenters. The number of amidine groups is 1. The molecule has 0 N–H and O–H groups in total. The molecular weight excluding hydrogens is 490 g/mol. The van der Waals surface area contributed by atoms with E-state index in [9.17, 15) is 14.4 Å². The van der Waals surface area contributed by atoms with Crippen LogP contribution in [-0.2, 0) is 23.9 Å². The van der Waals surface area contributed by atoms with E-state index in [0.29, 0.717) is 36.9 Å². The Bertz CT molecular complexity index is 1150. The lowest BCUT2D eigenvalue weighted by atomic mass is 9.91. The quantitative estimate of drug-likeness (QED) is 0.475. The summed E-state index contributed by atoms with van der Waals surface area (Å²) in [5.74, 6) is -0.640. The highest BCUT2D eigenvalue weighted by Crippen LogP contribution is 2.45. The van der Waals surface area contributed by atoms with Gasteiger partial charge in [-0.1, -0.05) is 49.9 Å². The number of benzene rings is 1. The van der Waals surface area contributed by atoms with Gasteiger partial charge in [-0.25, -0.2) is 9.79 Å². The van der Waals surface area contributed by atoms with Crippen LogP contribution < -0.4 is 0 Å². The smallest absolute Gasteiger partial charge is 0.338 e. The van der Waals surface area contributed by atoms with Gasteiger partial charge < -0.3 is 19.3 Å². The van der Waals surface area contributed by atoms with Gasteiger partial charge in [0.1, 0.15) is 0 Å². The summed E-state index contributed by atoms with van der Waals surface area (Å²) in [6.07, 6.45) is 1.64. The lowest BCUT2D eigenvalue weighted by Gasteiger charge is -2.37. The van der Waals surface area contributed by atoms with Crippen LogP contribution in [0.5, 0.6) is 0 Å². The highest BCUT2D eigenvalue weighted by molar-refractivity contribution is 8.16. The predicted octanol–water partition coefficient (Wildman–Crippen LogP) is 4.75. The van der Waals surface area contributed by atoms with Crippen molar-refractivity contribution in [3.63, 3.8) is 0 Å². The number of fused-ring (bicyclic) bond motifs is 1. The minimum absolute atomic E-state index is 0.0538. The molecule has 4 rings (SSSR count). The van der Waals surface area contributed by atoms with E-state index in [4.69, 9.17) is 9.47 Å². The Morgan fingerprint density at radius 3 is 2.57 bits per heavy atom. The summed E-state index contributed by atoms with van der Waals surface area (Å²) in [7, 11) is 1.37. The van der Waals surface area contributed by atoms with E-state index in [1.807, 2.05) is 29.4 Å². The third-order valence-corrected chi connectivity index (χ3v) is 7.94. The van der Waals surface area contributed by atoms with E-state index >= 15 is 0 Å². The summed E-state index contributed by atoms with van der Waals surface area (Å²) >= 11 is 1.45. The maximum atomic E-state index is 13.4. The number of carbonyl (C=O) groups is 3. The first kappa shape index (κ1) is 27.0. The van der Waals surface area contributed by atoms with Crippen molar-refractivity contribution in [1.29, 1.82) is 0 Å². The number of carbonyl (C=O) groups excluding carboxylic acids is 3. The fourth-order valence-corrected chi connectivity index (χ4v) is 6.01. The van der Waals surface area contributed by atoms with E-state index in [0.717, 1.165) is 29.3 Å². The number of hydrogen-bond acceptors (Lipinski definition) is 8. The third kappa shape index (κ3) is 5.61. The average molecular weight is 526 g/mol. The zero-order chi connectivity index (χ0) is 26.7. The molecule has 9 heteroatoms. The average Bonchev–Trinajstić information content (AvgIpc) is 3.29. The van der Waals surface area contributed by atoms with Crippen LogP contribution in [0.15, 0.2) is 51.6 Å². The standard InChI is InChI=1S/C28H35N3O5S/c1-6-36-26(33)21-8-7-13-30(15-21)23(32)14-22-16-37-28-29-18(4)24(27(34)35-5)25(31(22)28)20-11-9-19(10-12-20)17(2)3/h9-12,16-17,21,25H,6-8,13-15H2,1-5H3. The van der Waals surface area contributed by atoms with Gasteiger partial charge in [0.05, 0.1) is 43.4 Å². The molecule has 1 amide bonds. The summed E-state index contributed by atoms with van der Waals surface area (Å²) in [6, 6.07) is 7.78. The molecule has 3 heterocycles.